The van der Waals surface area contributed by atoms with Crippen molar-refractivity contribution < 1.29 is 4.79 Å². The van der Waals surface area contributed by atoms with Gasteiger partial charge < -0.3 is 15.2 Å². The monoisotopic (exact) mass is 283 g/mol. The van der Waals surface area contributed by atoms with Gasteiger partial charge in [0.1, 0.15) is 0 Å². The van der Waals surface area contributed by atoms with Crippen LogP contribution in [0.5, 0.6) is 0 Å². The fourth-order valence-corrected chi connectivity index (χ4v) is 2.69. The van der Waals surface area contributed by atoms with Crippen LogP contribution in [0.3, 0.4) is 0 Å². The summed E-state index contributed by atoms with van der Waals surface area (Å²) in [5, 5.41) is 2.90. The zero-order valence-corrected chi connectivity index (χ0v) is 12.3. The summed E-state index contributed by atoms with van der Waals surface area (Å²) in [7, 11) is 0. The quantitative estimate of drug-likeness (QED) is 0.905. The number of carbonyl (C=O) groups is 1. The summed E-state index contributed by atoms with van der Waals surface area (Å²) < 4.78 is 0. The van der Waals surface area contributed by atoms with Gasteiger partial charge in [0, 0.05) is 36.9 Å². The lowest BCUT2D eigenvalue weighted by Crippen LogP contribution is -2.32. The van der Waals surface area contributed by atoms with Crippen molar-refractivity contribution in [2.75, 3.05) is 23.3 Å². The first-order valence-electron chi connectivity index (χ1n) is 7.51. The van der Waals surface area contributed by atoms with Crippen LogP contribution < -0.4 is 10.2 Å². The van der Waals surface area contributed by atoms with Crippen LogP contribution in [-0.2, 0) is 0 Å². The van der Waals surface area contributed by atoms with Gasteiger partial charge in [0.2, 0.25) is 0 Å². The Morgan fingerprint density at radius 1 is 1.19 bits per heavy atom. The fraction of sp³-hybridized carbons (Fsp3) is 0.353. The van der Waals surface area contributed by atoms with Crippen LogP contribution in [0, 0.1) is 5.92 Å². The first-order chi connectivity index (χ1) is 10.2. The van der Waals surface area contributed by atoms with Crippen LogP contribution in [0.25, 0.3) is 0 Å². The number of aromatic amines is 1. The van der Waals surface area contributed by atoms with E-state index in [1.165, 1.54) is 18.5 Å². The van der Waals surface area contributed by atoms with E-state index in [0.29, 0.717) is 5.56 Å². The Labute approximate surface area is 125 Å². The predicted molar refractivity (Wildman–Crippen MR) is 85.8 cm³/mol. The van der Waals surface area contributed by atoms with Crippen molar-refractivity contribution >= 4 is 17.3 Å². The van der Waals surface area contributed by atoms with E-state index in [4.69, 9.17) is 0 Å². The first-order valence-corrected chi connectivity index (χ1v) is 7.51. The summed E-state index contributed by atoms with van der Waals surface area (Å²) in [5.74, 6) is 0.747. The second-order valence-corrected chi connectivity index (χ2v) is 5.77. The summed E-state index contributed by atoms with van der Waals surface area (Å²) in [4.78, 5) is 17.3. The van der Waals surface area contributed by atoms with Gasteiger partial charge in [-0.1, -0.05) is 6.92 Å². The van der Waals surface area contributed by atoms with Crippen molar-refractivity contribution in [3.63, 3.8) is 0 Å². The molecule has 1 fully saturated rings. The zero-order valence-electron chi connectivity index (χ0n) is 12.3. The van der Waals surface area contributed by atoms with Gasteiger partial charge in [-0.3, -0.25) is 4.79 Å². The van der Waals surface area contributed by atoms with E-state index in [0.717, 1.165) is 24.7 Å². The maximum absolute atomic E-state index is 12.0. The van der Waals surface area contributed by atoms with E-state index in [9.17, 15) is 4.79 Å². The summed E-state index contributed by atoms with van der Waals surface area (Å²) in [6.45, 7) is 4.56. The minimum absolute atomic E-state index is 0.0872. The van der Waals surface area contributed by atoms with Gasteiger partial charge in [0.15, 0.2) is 0 Å². The second-order valence-electron chi connectivity index (χ2n) is 5.77. The standard InChI is InChI=1S/C17H21N3O/c1-13-7-10-20(11-8-13)16-4-2-15(3-5-16)19-17(21)14-6-9-18-12-14/h2-6,9,12-13,18H,7-8,10-11H2,1H3,(H,19,21). The highest BCUT2D eigenvalue weighted by molar-refractivity contribution is 6.04. The number of amides is 1. The van der Waals surface area contributed by atoms with Gasteiger partial charge in [0.25, 0.3) is 5.91 Å². The second kappa shape index (κ2) is 6.04. The van der Waals surface area contributed by atoms with E-state index in [1.807, 2.05) is 12.1 Å². The molecule has 0 aliphatic carbocycles. The fourth-order valence-electron chi connectivity index (χ4n) is 2.69. The van der Waals surface area contributed by atoms with Gasteiger partial charge in [-0.15, -0.1) is 0 Å². The van der Waals surface area contributed by atoms with Crippen molar-refractivity contribution in [1.29, 1.82) is 0 Å². The number of carbonyl (C=O) groups excluding carboxylic acids is 1. The van der Waals surface area contributed by atoms with Gasteiger partial charge in [-0.05, 0) is 49.1 Å². The Kier molecular flexibility index (Phi) is 3.95. The smallest absolute Gasteiger partial charge is 0.257 e. The summed E-state index contributed by atoms with van der Waals surface area (Å²) >= 11 is 0. The van der Waals surface area contributed by atoms with Crippen LogP contribution in [0.1, 0.15) is 30.1 Å². The lowest BCUT2D eigenvalue weighted by molar-refractivity contribution is 0.102. The number of nitrogens with one attached hydrogen (secondary N) is 2. The average Bonchev–Trinajstić information content (AvgIpc) is 3.03. The summed E-state index contributed by atoms with van der Waals surface area (Å²) in [6, 6.07) is 9.87. The molecule has 2 heterocycles. The van der Waals surface area contributed by atoms with Crippen molar-refractivity contribution in [1.82, 2.24) is 4.98 Å². The molecule has 2 aromatic rings. The number of hydrogen-bond donors (Lipinski definition) is 2. The molecule has 1 amide bonds. The Hall–Kier alpha value is -2.23. The average molecular weight is 283 g/mol. The molecule has 0 spiro atoms. The van der Waals surface area contributed by atoms with Crippen LogP contribution >= 0.6 is 0 Å². The molecule has 4 heteroatoms. The molecule has 21 heavy (non-hydrogen) atoms. The Balaban J connectivity index is 1.63. The molecule has 0 atom stereocenters. The molecular formula is C17H21N3O. The molecule has 2 N–H and O–H groups in total. The maximum atomic E-state index is 12.0. The number of rotatable bonds is 3. The SMILES string of the molecule is CC1CCN(c2ccc(NC(=O)c3cc[nH]c3)cc2)CC1. The van der Waals surface area contributed by atoms with E-state index in [2.05, 4.69) is 34.3 Å². The number of aromatic nitrogens is 1. The van der Waals surface area contributed by atoms with Crippen LogP contribution in [0.15, 0.2) is 42.7 Å². The highest BCUT2D eigenvalue weighted by Crippen LogP contribution is 2.24. The number of piperidine rings is 1. The molecule has 4 nitrogen and oxygen atoms in total. The van der Waals surface area contributed by atoms with Gasteiger partial charge in [0.05, 0.1) is 5.56 Å². The minimum atomic E-state index is -0.0872. The molecule has 0 radical (unpaired) electrons. The molecule has 3 rings (SSSR count). The van der Waals surface area contributed by atoms with Gasteiger partial charge >= 0.3 is 0 Å². The van der Waals surface area contributed by atoms with Crippen molar-refractivity contribution in [3.05, 3.63) is 48.3 Å². The van der Waals surface area contributed by atoms with E-state index < -0.39 is 0 Å². The number of nitrogens with zero attached hydrogens (tertiary/aromatic N) is 1. The molecular weight excluding hydrogens is 262 g/mol. The molecule has 0 unspecified atom stereocenters. The molecule has 1 aromatic carbocycles. The van der Waals surface area contributed by atoms with Crippen molar-refractivity contribution in [2.24, 2.45) is 5.92 Å². The minimum Gasteiger partial charge on any atom is -0.372 e. The molecule has 1 saturated heterocycles. The lowest BCUT2D eigenvalue weighted by Gasteiger charge is -2.32. The van der Waals surface area contributed by atoms with E-state index >= 15 is 0 Å². The van der Waals surface area contributed by atoms with E-state index in [1.54, 1.807) is 18.5 Å². The Bertz CT molecular complexity index is 581. The number of H-pyrrole nitrogens is 1. The Morgan fingerprint density at radius 2 is 1.90 bits per heavy atom. The number of anilines is 2. The van der Waals surface area contributed by atoms with Crippen molar-refractivity contribution in [2.45, 2.75) is 19.8 Å². The van der Waals surface area contributed by atoms with Gasteiger partial charge in [-0.25, -0.2) is 0 Å². The largest absolute Gasteiger partial charge is 0.372 e. The molecule has 1 aliphatic rings. The van der Waals surface area contributed by atoms with E-state index in [-0.39, 0.29) is 5.91 Å². The molecule has 1 aliphatic heterocycles. The van der Waals surface area contributed by atoms with Crippen LogP contribution in [0.4, 0.5) is 11.4 Å². The Morgan fingerprint density at radius 3 is 2.52 bits per heavy atom. The molecule has 1 aromatic heterocycles. The summed E-state index contributed by atoms with van der Waals surface area (Å²) in [5.41, 5.74) is 2.71. The normalized spacial score (nSPS) is 16.0. The highest BCUT2D eigenvalue weighted by atomic mass is 16.1. The van der Waals surface area contributed by atoms with Crippen LogP contribution in [0.2, 0.25) is 0 Å². The summed E-state index contributed by atoms with van der Waals surface area (Å²) in [6.07, 6.45) is 5.95. The third-order valence-corrected chi connectivity index (χ3v) is 4.13. The molecule has 110 valence electrons. The highest BCUT2D eigenvalue weighted by Gasteiger charge is 2.16. The predicted octanol–water partition coefficient (Wildman–Crippen LogP) is 3.50. The van der Waals surface area contributed by atoms with Crippen LogP contribution in [-0.4, -0.2) is 24.0 Å². The maximum Gasteiger partial charge on any atom is 0.257 e. The molecule has 0 saturated carbocycles. The lowest BCUT2D eigenvalue weighted by atomic mass is 9.99. The third-order valence-electron chi connectivity index (χ3n) is 4.13. The third kappa shape index (κ3) is 3.27. The molecule has 0 bridgehead atoms. The number of hydrogen-bond acceptors (Lipinski definition) is 2. The first kappa shape index (κ1) is 13.7. The zero-order chi connectivity index (χ0) is 14.7. The number of benzene rings is 1. The van der Waals surface area contributed by atoms with Gasteiger partial charge in [-0.2, -0.15) is 0 Å². The van der Waals surface area contributed by atoms with Crippen molar-refractivity contribution in [3.8, 4) is 0 Å². The topological polar surface area (TPSA) is 48.1 Å².